The van der Waals surface area contributed by atoms with Gasteiger partial charge < -0.3 is 0 Å². The summed E-state index contributed by atoms with van der Waals surface area (Å²) < 4.78 is 0. The van der Waals surface area contributed by atoms with Crippen molar-refractivity contribution in [2.45, 2.75) is 58.8 Å². The lowest BCUT2D eigenvalue weighted by Gasteiger charge is -2.18. The molecule has 0 aromatic rings. The van der Waals surface area contributed by atoms with Crippen LogP contribution in [0.5, 0.6) is 0 Å². The maximum absolute atomic E-state index is 12.2. The van der Waals surface area contributed by atoms with Crippen molar-refractivity contribution in [2.24, 2.45) is 11.8 Å². The van der Waals surface area contributed by atoms with Gasteiger partial charge in [-0.2, -0.15) is 0 Å². The Morgan fingerprint density at radius 1 is 1.20 bits per heavy atom. The highest BCUT2D eigenvalue weighted by atomic mass is 16.1. The zero-order valence-electron chi connectivity index (χ0n) is 10.0. The highest BCUT2D eigenvalue weighted by Gasteiger charge is 2.39. The summed E-state index contributed by atoms with van der Waals surface area (Å²) in [5.74, 6) is 1.45. The van der Waals surface area contributed by atoms with Gasteiger partial charge in [0.15, 0.2) is 5.78 Å². The van der Waals surface area contributed by atoms with E-state index >= 15 is 0 Å². The minimum atomic E-state index is 0.341. The Labute approximate surface area is 92.9 Å². The van der Waals surface area contributed by atoms with Gasteiger partial charge in [-0.3, -0.25) is 4.79 Å². The molecule has 0 aromatic carbocycles. The van der Waals surface area contributed by atoms with E-state index in [1.165, 1.54) is 37.7 Å². The van der Waals surface area contributed by atoms with E-state index < -0.39 is 0 Å². The zero-order chi connectivity index (χ0) is 10.8. The highest BCUT2D eigenvalue weighted by molar-refractivity contribution is 6.01. The number of hydrogen-bond donors (Lipinski definition) is 0. The third-order valence-corrected chi connectivity index (χ3v) is 4.21. The van der Waals surface area contributed by atoms with E-state index in [0.29, 0.717) is 17.6 Å². The van der Waals surface area contributed by atoms with E-state index in [9.17, 15) is 4.79 Å². The summed E-state index contributed by atoms with van der Waals surface area (Å²) in [7, 11) is 0. The Balaban J connectivity index is 2.31. The predicted molar refractivity (Wildman–Crippen MR) is 62.7 cm³/mol. The average Bonchev–Trinajstić information content (AvgIpc) is 2.43. The van der Waals surface area contributed by atoms with E-state index in [2.05, 4.69) is 13.8 Å². The van der Waals surface area contributed by atoms with Crippen LogP contribution in [0.4, 0.5) is 0 Å². The molecule has 0 heterocycles. The highest BCUT2D eigenvalue weighted by Crippen LogP contribution is 2.44. The van der Waals surface area contributed by atoms with Gasteiger partial charge in [-0.15, -0.1) is 0 Å². The number of hydrogen-bond acceptors (Lipinski definition) is 1. The summed E-state index contributed by atoms with van der Waals surface area (Å²) in [5, 5.41) is 0. The van der Waals surface area contributed by atoms with E-state index in [4.69, 9.17) is 0 Å². The van der Waals surface area contributed by atoms with Crippen molar-refractivity contribution in [2.75, 3.05) is 0 Å². The Kier molecular flexibility index (Phi) is 3.28. The lowest BCUT2D eigenvalue weighted by atomic mass is 9.85. The van der Waals surface area contributed by atoms with Gasteiger partial charge in [-0.05, 0) is 43.6 Å². The molecule has 2 atom stereocenters. The van der Waals surface area contributed by atoms with Gasteiger partial charge in [-0.25, -0.2) is 0 Å². The fourth-order valence-corrected chi connectivity index (χ4v) is 3.47. The minimum Gasteiger partial charge on any atom is -0.294 e. The molecule has 15 heavy (non-hydrogen) atoms. The van der Waals surface area contributed by atoms with E-state index in [1.807, 2.05) is 0 Å². The first-order valence-corrected chi connectivity index (χ1v) is 6.55. The molecule has 2 rings (SSSR count). The van der Waals surface area contributed by atoms with Crippen molar-refractivity contribution in [1.82, 2.24) is 0 Å². The number of rotatable bonds is 2. The number of allylic oxidation sites excluding steroid dienone is 2. The molecule has 0 amide bonds. The summed E-state index contributed by atoms with van der Waals surface area (Å²) >= 11 is 0. The lowest BCUT2D eigenvalue weighted by molar-refractivity contribution is -0.119. The van der Waals surface area contributed by atoms with E-state index in [-0.39, 0.29) is 0 Å². The molecule has 0 N–H and O–H groups in total. The third-order valence-electron chi connectivity index (χ3n) is 4.21. The van der Waals surface area contributed by atoms with E-state index in [1.54, 1.807) is 5.57 Å². The molecule has 84 valence electrons. The van der Waals surface area contributed by atoms with Crippen LogP contribution in [0.3, 0.4) is 0 Å². The molecule has 1 fully saturated rings. The van der Waals surface area contributed by atoms with Gasteiger partial charge in [0.2, 0.25) is 0 Å². The topological polar surface area (TPSA) is 17.1 Å². The quantitative estimate of drug-likeness (QED) is 0.670. The molecule has 2 aliphatic carbocycles. The van der Waals surface area contributed by atoms with Crippen LogP contribution in [-0.4, -0.2) is 5.78 Å². The standard InChI is InChI=1S/C14H22O/c1-3-10-12-8-6-5-7-9-13(12)11(4-2)14(10)15/h10,12H,3-9H2,1-2H3. The maximum Gasteiger partial charge on any atom is 0.162 e. The van der Waals surface area contributed by atoms with Crippen LogP contribution in [0.2, 0.25) is 0 Å². The van der Waals surface area contributed by atoms with Crippen molar-refractivity contribution in [3.8, 4) is 0 Å². The van der Waals surface area contributed by atoms with Gasteiger partial charge in [-0.1, -0.05) is 32.3 Å². The summed E-state index contributed by atoms with van der Waals surface area (Å²) in [6.07, 6.45) is 8.46. The summed E-state index contributed by atoms with van der Waals surface area (Å²) in [5.41, 5.74) is 2.75. The molecular formula is C14H22O. The normalized spacial score (nSPS) is 31.7. The fourth-order valence-electron chi connectivity index (χ4n) is 3.47. The first-order chi connectivity index (χ1) is 7.29. The van der Waals surface area contributed by atoms with Gasteiger partial charge in [0.25, 0.3) is 0 Å². The number of carbonyl (C=O) groups is 1. The monoisotopic (exact) mass is 206 g/mol. The summed E-state index contributed by atoms with van der Waals surface area (Å²) in [4.78, 5) is 12.2. The van der Waals surface area contributed by atoms with Crippen LogP contribution in [0.1, 0.15) is 58.8 Å². The van der Waals surface area contributed by atoms with Crippen LogP contribution >= 0.6 is 0 Å². The average molecular weight is 206 g/mol. The predicted octanol–water partition coefficient (Wildman–Crippen LogP) is 3.88. The molecule has 2 aliphatic rings. The van der Waals surface area contributed by atoms with Crippen molar-refractivity contribution in [3.05, 3.63) is 11.1 Å². The molecule has 1 nitrogen and oxygen atoms in total. The molecule has 0 aromatic heterocycles. The smallest absolute Gasteiger partial charge is 0.162 e. The molecule has 0 saturated heterocycles. The second-order valence-corrected chi connectivity index (χ2v) is 4.94. The Hall–Kier alpha value is -0.590. The molecule has 1 saturated carbocycles. The number of Topliss-reactive ketones (excluding diaryl/α,β-unsaturated/α-hetero) is 1. The Morgan fingerprint density at radius 3 is 2.67 bits per heavy atom. The van der Waals surface area contributed by atoms with Crippen molar-refractivity contribution in [1.29, 1.82) is 0 Å². The summed E-state index contributed by atoms with van der Waals surface area (Å²) in [6.45, 7) is 4.31. The number of carbonyl (C=O) groups excluding carboxylic acids is 1. The first-order valence-electron chi connectivity index (χ1n) is 6.55. The molecule has 0 spiro atoms. The van der Waals surface area contributed by atoms with E-state index in [0.717, 1.165) is 12.8 Å². The SMILES string of the molecule is CCC1=C2CCCCCC2C(CC)C1=O. The van der Waals surface area contributed by atoms with Gasteiger partial charge >= 0.3 is 0 Å². The molecular weight excluding hydrogens is 184 g/mol. The number of ketones is 1. The second kappa shape index (κ2) is 4.51. The van der Waals surface area contributed by atoms with Crippen LogP contribution in [0.15, 0.2) is 11.1 Å². The van der Waals surface area contributed by atoms with Gasteiger partial charge in [0.1, 0.15) is 0 Å². The van der Waals surface area contributed by atoms with Gasteiger partial charge in [0.05, 0.1) is 0 Å². The van der Waals surface area contributed by atoms with Gasteiger partial charge in [0, 0.05) is 5.92 Å². The van der Waals surface area contributed by atoms with Crippen LogP contribution < -0.4 is 0 Å². The molecule has 2 unspecified atom stereocenters. The molecule has 1 heteroatoms. The maximum atomic E-state index is 12.2. The van der Waals surface area contributed by atoms with Crippen molar-refractivity contribution >= 4 is 5.78 Å². The van der Waals surface area contributed by atoms with Crippen molar-refractivity contribution in [3.63, 3.8) is 0 Å². The van der Waals surface area contributed by atoms with Crippen LogP contribution in [-0.2, 0) is 4.79 Å². The Bertz CT molecular complexity index is 288. The molecule has 0 aliphatic heterocycles. The second-order valence-electron chi connectivity index (χ2n) is 4.94. The first kappa shape index (κ1) is 10.9. The third kappa shape index (κ3) is 1.77. The molecule has 0 radical (unpaired) electrons. The Morgan fingerprint density at radius 2 is 2.00 bits per heavy atom. The fraction of sp³-hybridized carbons (Fsp3) is 0.786. The zero-order valence-corrected chi connectivity index (χ0v) is 10.0. The minimum absolute atomic E-state index is 0.341. The summed E-state index contributed by atoms with van der Waals surface area (Å²) in [6, 6.07) is 0. The lowest BCUT2D eigenvalue weighted by Crippen LogP contribution is -2.16. The largest absolute Gasteiger partial charge is 0.294 e. The van der Waals surface area contributed by atoms with Crippen LogP contribution in [0.25, 0.3) is 0 Å². The molecule has 0 bridgehead atoms. The number of fused-ring (bicyclic) bond motifs is 1. The van der Waals surface area contributed by atoms with Crippen LogP contribution in [0, 0.1) is 11.8 Å². The van der Waals surface area contributed by atoms with Crippen molar-refractivity contribution < 1.29 is 4.79 Å².